The fraction of sp³-hybridized carbons (Fsp3) is 0.344. The van der Waals surface area contributed by atoms with Gasteiger partial charge in [-0.05, 0) is 24.6 Å². The number of amides is 3. The first-order valence-electron chi connectivity index (χ1n) is 14.5. The number of nitrogens with zero attached hydrogens (tertiary/aromatic N) is 3. The molecule has 0 aliphatic carbocycles. The second kappa shape index (κ2) is 8.34. The second-order valence-electron chi connectivity index (χ2n) is 11.7. The second-order valence-corrected chi connectivity index (χ2v) is 11.7. The Labute approximate surface area is 244 Å². The van der Waals surface area contributed by atoms with Crippen LogP contribution in [0.2, 0.25) is 0 Å². The van der Waals surface area contributed by atoms with Crippen molar-refractivity contribution in [2.45, 2.75) is 37.4 Å². The molecule has 5 aromatic rings. The van der Waals surface area contributed by atoms with Crippen molar-refractivity contribution in [2.24, 2.45) is 0 Å². The van der Waals surface area contributed by atoms with Crippen LogP contribution in [0, 0.1) is 0 Å². The molecule has 43 heavy (non-hydrogen) atoms. The van der Waals surface area contributed by atoms with Gasteiger partial charge in [0.1, 0.15) is 6.23 Å². The molecule has 1 spiro atoms. The summed E-state index contributed by atoms with van der Waals surface area (Å²) in [6.45, 7) is 3.22. The fourth-order valence-electron chi connectivity index (χ4n) is 8.00. The molecular formula is C32H28N4O7. The summed E-state index contributed by atoms with van der Waals surface area (Å²) in [6, 6.07) is 15.9. The number of para-hydroxylation sites is 2. The fourth-order valence-corrected chi connectivity index (χ4v) is 8.00. The quantitative estimate of drug-likeness (QED) is 0.301. The third kappa shape index (κ3) is 2.83. The van der Waals surface area contributed by atoms with Crippen LogP contribution in [0.3, 0.4) is 0 Å². The van der Waals surface area contributed by atoms with Crippen molar-refractivity contribution in [3.05, 3.63) is 59.7 Å². The van der Waals surface area contributed by atoms with Crippen molar-refractivity contribution in [1.82, 2.24) is 19.4 Å². The third-order valence-electron chi connectivity index (χ3n) is 9.77. The summed E-state index contributed by atoms with van der Waals surface area (Å²) >= 11 is 0. The van der Waals surface area contributed by atoms with E-state index in [0.717, 1.165) is 54.1 Å². The standard InChI is InChI=1S/C32H28N4O7/c1-31-32(29(38)34(30(39)43-32)11-12-41-14-13-40-2)15-22(42-31)35-20-9-5-3-7-17(20)24-25-19(16-33-28(25)37)23-18-8-4-6-10-21(18)36(31)27(23)26(24)35/h3-10,22H,11-16H2,1-2H3,(H,33,37)/t22-,31-,32+/m0/s1. The van der Waals surface area contributed by atoms with Crippen molar-refractivity contribution in [3.8, 4) is 0 Å². The van der Waals surface area contributed by atoms with Gasteiger partial charge in [0.15, 0.2) is 5.72 Å². The number of hydrogen-bond acceptors (Lipinski definition) is 7. The topological polar surface area (TPSA) is 113 Å². The van der Waals surface area contributed by atoms with Gasteiger partial charge >= 0.3 is 6.09 Å². The predicted molar refractivity (Wildman–Crippen MR) is 156 cm³/mol. The highest BCUT2D eigenvalue weighted by molar-refractivity contribution is 6.31. The van der Waals surface area contributed by atoms with Crippen LogP contribution in [0.25, 0.3) is 43.6 Å². The largest absolute Gasteiger partial charge is 0.427 e. The molecule has 2 aromatic heterocycles. The van der Waals surface area contributed by atoms with Gasteiger partial charge in [-0.3, -0.25) is 9.59 Å². The van der Waals surface area contributed by atoms with Gasteiger partial charge < -0.3 is 33.4 Å². The molecular weight excluding hydrogens is 552 g/mol. The molecule has 0 radical (unpaired) electrons. The molecule has 11 nitrogen and oxygen atoms in total. The maximum Gasteiger partial charge on any atom is 0.417 e. The minimum absolute atomic E-state index is 0.0558. The zero-order valence-corrected chi connectivity index (χ0v) is 23.6. The van der Waals surface area contributed by atoms with Crippen LogP contribution in [0.5, 0.6) is 0 Å². The molecule has 3 atom stereocenters. The van der Waals surface area contributed by atoms with Crippen LogP contribution < -0.4 is 5.32 Å². The van der Waals surface area contributed by atoms with E-state index in [-0.39, 0.29) is 25.5 Å². The summed E-state index contributed by atoms with van der Waals surface area (Å²) in [5.41, 5.74) is 2.04. The lowest BCUT2D eigenvalue weighted by Gasteiger charge is -2.37. The third-order valence-corrected chi connectivity index (χ3v) is 9.77. The van der Waals surface area contributed by atoms with Crippen molar-refractivity contribution in [3.63, 3.8) is 0 Å². The van der Waals surface area contributed by atoms with Gasteiger partial charge in [-0.15, -0.1) is 0 Å². The molecule has 11 heteroatoms. The number of methoxy groups -OCH3 is 1. The van der Waals surface area contributed by atoms with E-state index in [4.69, 9.17) is 18.9 Å². The van der Waals surface area contributed by atoms with Crippen molar-refractivity contribution in [2.75, 3.05) is 33.5 Å². The Morgan fingerprint density at radius 3 is 2.49 bits per heavy atom. The summed E-state index contributed by atoms with van der Waals surface area (Å²) in [6.07, 6.45) is -1.25. The van der Waals surface area contributed by atoms with Crippen LogP contribution >= 0.6 is 0 Å². The molecule has 6 heterocycles. The van der Waals surface area contributed by atoms with E-state index in [1.165, 1.54) is 0 Å². The molecule has 3 amide bonds. The van der Waals surface area contributed by atoms with E-state index in [1.54, 1.807) is 7.11 Å². The summed E-state index contributed by atoms with van der Waals surface area (Å²) in [7, 11) is 1.58. The molecule has 218 valence electrons. The van der Waals surface area contributed by atoms with E-state index in [9.17, 15) is 14.4 Å². The number of benzene rings is 3. The first-order valence-corrected chi connectivity index (χ1v) is 14.5. The Kier molecular flexibility index (Phi) is 4.87. The number of carbonyl (C=O) groups excluding carboxylic acids is 3. The Balaban J connectivity index is 1.35. The lowest BCUT2D eigenvalue weighted by atomic mass is 9.87. The van der Waals surface area contributed by atoms with Crippen LogP contribution in [-0.2, 0) is 36.0 Å². The smallest absolute Gasteiger partial charge is 0.417 e. The van der Waals surface area contributed by atoms with Gasteiger partial charge in [0, 0.05) is 41.6 Å². The van der Waals surface area contributed by atoms with Gasteiger partial charge in [-0.2, -0.15) is 0 Å². The molecule has 4 aliphatic heterocycles. The minimum Gasteiger partial charge on any atom is -0.427 e. The number of imide groups is 1. The summed E-state index contributed by atoms with van der Waals surface area (Å²) in [5.74, 6) is -0.546. The Morgan fingerprint density at radius 1 is 0.953 bits per heavy atom. The van der Waals surface area contributed by atoms with Crippen LogP contribution in [-0.4, -0.2) is 71.0 Å². The van der Waals surface area contributed by atoms with Gasteiger partial charge in [0.25, 0.3) is 11.8 Å². The van der Waals surface area contributed by atoms with E-state index in [0.29, 0.717) is 25.3 Å². The van der Waals surface area contributed by atoms with Gasteiger partial charge in [0.05, 0.1) is 54.0 Å². The zero-order valence-electron chi connectivity index (χ0n) is 23.6. The molecule has 2 saturated heterocycles. The monoisotopic (exact) mass is 580 g/mol. The number of aromatic nitrogens is 2. The molecule has 2 fully saturated rings. The number of hydrogen-bond donors (Lipinski definition) is 1. The summed E-state index contributed by atoms with van der Waals surface area (Å²) in [5, 5.41) is 6.74. The highest BCUT2D eigenvalue weighted by Gasteiger charge is 2.72. The Hall–Kier alpha value is -4.45. The summed E-state index contributed by atoms with van der Waals surface area (Å²) in [4.78, 5) is 42.4. The molecule has 2 bridgehead atoms. The molecule has 1 N–H and O–H groups in total. The van der Waals surface area contributed by atoms with E-state index in [2.05, 4.69) is 14.5 Å². The highest BCUT2D eigenvalue weighted by atomic mass is 16.6. The van der Waals surface area contributed by atoms with E-state index in [1.807, 2.05) is 55.5 Å². The number of nitrogens with one attached hydrogen (secondary N) is 1. The van der Waals surface area contributed by atoms with Crippen molar-refractivity contribution >= 4 is 61.5 Å². The lowest BCUT2D eigenvalue weighted by molar-refractivity contribution is -0.178. The zero-order chi connectivity index (χ0) is 29.2. The molecule has 9 rings (SSSR count). The van der Waals surface area contributed by atoms with Crippen LogP contribution in [0.4, 0.5) is 4.79 Å². The Bertz CT molecular complexity index is 2100. The van der Waals surface area contributed by atoms with Crippen molar-refractivity contribution < 1.29 is 33.3 Å². The number of rotatable bonds is 6. The SMILES string of the molecule is COCCOCCN1C(=O)O[C@]2(C[C@@H]3O[C@]2(C)n2c4ccccc4c4c5c(c6c7ccccc7n3c6c42)C(=O)NC5)C1=O. The maximum absolute atomic E-state index is 14.4. The van der Waals surface area contributed by atoms with Gasteiger partial charge in [-0.25, -0.2) is 9.69 Å². The van der Waals surface area contributed by atoms with Gasteiger partial charge in [-0.1, -0.05) is 36.4 Å². The molecule has 3 aromatic carbocycles. The first-order chi connectivity index (χ1) is 20.9. The first kappa shape index (κ1) is 25.1. The number of carbonyl (C=O) groups is 3. The van der Waals surface area contributed by atoms with E-state index >= 15 is 0 Å². The predicted octanol–water partition coefficient (Wildman–Crippen LogP) is 4.13. The maximum atomic E-state index is 14.4. The van der Waals surface area contributed by atoms with Crippen LogP contribution in [0.1, 0.15) is 35.5 Å². The average Bonchev–Trinajstić information content (AvgIpc) is 3.75. The summed E-state index contributed by atoms with van der Waals surface area (Å²) < 4.78 is 27.9. The van der Waals surface area contributed by atoms with Gasteiger partial charge in [0.2, 0.25) is 5.60 Å². The molecule has 4 aliphatic rings. The van der Waals surface area contributed by atoms with E-state index < -0.39 is 29.6 Å². The lowest BCUT2D eigenvalue weighted by Crippen LogP contribution is -2.56. The minimum atomic E-state index is -1.63. The van der Waals surface area contributed by atoms with Crippen LogP contribution in [0.15, 0.2) is 48.5 Å². The van der Waals surface area contributed by atoms with Crippen molar-refractivity contribution in [1.29, 1.82) is 0 Å². The molecule has 0 saturated carbocycles. The number of ether oxygens (including phenoxy) is 4. The number of fused-ring (bicyclic) bond motifs is 14. The average molecular weight is 581 g/mol. The molecule has 0 unspecified atom stereocenters. The normalized spacial score (nSPS) is 25.7. The highest BCUT2D eigenvalue weighted by Crippen LogP contribution is 2.60. The Morgan fingerprint density at radius 2 is 1.70 bits per heavy atom.